The lowest BCUT2D eigenvalue weighted by molar-refractivity contribution is -0.0167. The number of para-hydroxylation sites is 2. The van der Waals surface area contributed by atoms with Gasteiger partial charge in [-0.3, -0.25) is 0 Å². The molecule has 4 saturated heterocycles. The second kappa shape index (κ2) is 30.7. The van der Waals surface area contributed by atoms with E-state index >= 15 is 0 Å². The van der Waals surface area contributed by atoms with E-state index < -0.39 is 0 Å². The van der Waals surface area contributed by atoms with E-state index in [9.17, 15) is 0 Å². The Kier molecular flexibility index (Phi) is 30.1. The van der Waals surface area contributed by atoms with Gasteiger partial charge in [-0.2, -0.15) is 0 Å². The number of fused-ring (bicyclic) bond motifs is 1. The third kappa shape index (κ3) is 25.9. The van der Waals surface area contributed by atoms with Gasteiger partial charge in [0.25, 0.3) is 0 Å². The summed E-state index contributed by atoms with van der Waals surface area (Å²) in [5, 5.41) is 8.88. The molecule has 0 bridgehead atoms. The molecule has 6 rings (SSSR count). The third-order valence-corrected chi connectivity index (χ3v) is 8.77. The Morgan fingerprint density at radius 2 is 0.982 bits per heavy atom. The molecule has 4 fully saturated rings. The second-order valence-corrected chi connectivity index (χ2v) is 14.7. The Morgan fingerprint density at radius 1 is 0.596 bits per heavy atom. The highest BCUT2D eigenvalue weighted by molar-refractivity contribution is 6.46. The average Bonchev–Trinajstić information content (AvgIpc) is 3.86. The van der Waals surface area contributed by atoms with Crippen molar-refractivity contribution in [3.8, 4) is 11.5 Å². The summed E-state index contributed by atoms with van der Waals surface area (Å²) in [5.41, 5.74) is -0.509. The standard InChI is InChI=1S/C7H7BO2.C7H15BO2.C6H13BO3.C5H13BO2.C4H9BO2.C3H7BO2.C3H9BO2/c1-8-9-6-4-2-3-5-7(6)10-8;1-6(2)7(3,4)10-8(5)9-6;1-6(3-8)4-9-7(2)10-5-6;1-4-7-6(3)8-5-2;1-5-6-3-2-4-7-5;1-4-5-2-3-6-4;1-4(5-2)6-3/h2-5H,1H3;1-5H3;8H,3-5H2,1-2H3;4-5H2,1-3H3;2-4H2,1H3;2-3H2,1H3;1-3H3. The van der Waals surface area contributed by atoms with Crippen molar-refractivity contribution in [1.29, 1.82) is 0 Å². The molecule has 0 saturated carbocycles. The quantitative estimate of drug-likeness (QED) is 0.336. The lowest BCUT2D eigenvalue weighted by Gasteiger charge is -2.33. The van der Waals surface area contributed by atoms with Crippen LogP contribution in [0.15, 0.2) is 24.3 Å². The van der Waals surface area contributed by atoms with Crippen molar-refractivity contribution in [2.45, 2.75) is 114 Å². The molecule has 15 nitrogen and oxygen atoms in total. The highest BCUT2D eigenvalue weighted by Crippen LogP contribution is 2.36. The first-order valence-corrected chi connectivity index (χ1v) is 20.2. The largest absolute Gasteiger partial charge is 0.591 e. The monoisotopic (exact) mass is 811 g/mol. The van der Waals surface area contributed by atoms with Crippen molar-refractivity contribution in [2.24, 2.45) is 5.41 Å². The molecule has 0 spiro atoms. The van der Waals surface area contributed by atoms with Gasteiger partial charge in [0.15, 0.2) is 0 Å². The Bertz CT molecular complexity index is 1060. The first-order valence-electron chi connectivity index (χ1n) is 20.2. The van der Waals surface area contributed by atoms with E-state index in [1.165, 1.54) is 0 Å². The fraction of sp³-hybridized carbons (Fsp3) is 0.829. The first-order chi connectivity index (χ1) is 26.8. The first kappa shape index (κ1) is 55.8. The van der Waals surface area contributed by atoms with Gasteiger partial charge in [-0.15, -0.1) is 0 Å². The molecule has 5 heterocycles. The van der Waals surface area contributed by atoms with Crippen molar-refractivity contribution in [3.05, 3.63) is 24.3 Å². The summed E-state index contributed by atoms with van der Waals surface area (Å²) >= 11 is 0. The van der Waals surface area contributed by atoms with Gasteiger partial charge in [-0.05, 0) is 108 Å². The molecule has 324 valence electrons. The summed E-state index contributed by atoms with van der Waals surface area (Å²) in [6.07, 6.45) is 1.05. The molecule has 0 aromatic heterocycles. The molecule has 0 amide bonds. The summed E-state index contributed by atoms with van der Waals surface area (Å²) in [6, 6.07) is 7.66. The van der Waals surface area contributed by atoms with E-state index in [0.717, 1.165) is 57.6 Å². The van der Waals surface area contributed by atoms with Gasteiger partial charge >= 0.3 is 49.8 Å². The van der Waals surface area contributed by atoms with Crippen molar-refractivity contribution in [1.82, 2.24) is 0 Å². The maximum absolute atomic E-state index is 8.88. The van der Waals surface area contributed by atoms with Gasteiger partial charge in [0.2, 0.25) is 0 Å². The van der Waals surface area contributed by atoms with Crippen LogP contribution >= 0.6 is 0 Å². The smallest absolute Gasteiger partial charge is 0.523 e. The van der Waals surface area contributed by atoms with Crippen LogP contribution in [0.3, 0.4) is 0 Å². The predicted molar refractivity (Wildman–Crippen MR) is 232 cm³/mol. The van der Waals surface area contributed by atoms with Crippen LogP contribution in [0.25, 0.3) is 0 Å². The fourth-order valence-electron chi connectivity index (χ4n) is 4.68. The maximum Gasteiger partial charge on any atom is 0.591 e. The molecular weight excluding hydrogens is 736 g/mol. The second-order valence-electron chi connectivity index (χ2n) is 14.7. The molecule has 5 aliphatic rings. The van der Waals surface area contributed by atoms with Crippen LogP contribution in [-0.4, -0.2) is 140 Å². The van der Waals surface area contributed by atoms with Crippen LogP contribution in [0.2, 0.25) is 47.8 Å². The SMILES string of the molecule is CB1OC(C)(C)C(C)(C)O1.CB1OCC(C)(CO)CO1.CB1OCCCO1.CB1OCCO1.CB1Oc2ccccc2O1.CCOB(C)OCC.COB(C)OC. The van der Waals surface area contributed by atoms with Crippen LogP contribution in [0, 0.1) is 5.41 Å². The molecule has 1 N–H and O–H groups in total. The summed E-state index contributed by atoms with van der Waals surface area (Å²) in [4.78, 5) is 0. The van der Waals surface area contributed by atoms with Gasteiger partial charge in [0.05, 0.1) is 31.0 Å². The van der Waals surface area contributed by atoms with Crippen LogP contribution in [0.4, 0.5) is 0 Å². The zero-order chi connectivity index (χ0) is 43.5. The fourth-order valence-corrected chi connectivity index (χ4v) is 4.68. The van der Waals surface area contributed by atoms with Crippen molar-refractivity contribution in [2.75, 3.05) is 73.7 Å². The highest BCUT2D eigenvalue weighted by atomic mass is 16.7. The topological polar surface area (TPSA) is 149 Å². The number of benzene rings is 1. The number of aliphatic hydroxyl groups is 1. The number of hydrogen-bond donors (Lipinski definition) is 1. The Hall–Kier alpha value is -1.25. The summed E-state index contributed by atoms with van der Waals surface area (Å²) in [6.45, 7) is 33.3. The van der Waals surface area contributed by atoms with Gasteiger partial charge in [0, 0.05) is 59.3 Å². The van der Waals surface area contributed by atoms with Crippen LogP contribution in [0.5, 0.6) is 11.5 Å². The average molecular weight is 810 g/mol. The molecule has 0 aliphatic carbocycles. The van der Waals surface area contributed by atoms with Gasteiger partial charge < -0.3 is 70.3 Å². The number of hydrogen-bond acceptors (Lipinski definition) is 15. The lowest BCUT2D eigenvalue weighted by atomic mass is 9.86. The molecule has 0 radical (unpaired) electrons. The summed E-state index contributed by atoms with van der Waals surface area (Å²) in [7, 11) is 2.89. The highest BCUT2D eigenvalue weighted by Gasteiger charge is 2.48. The lowest BCUT2D eigenvalue weighted by Crippen LogP contribution is -2.43. The molecule has 1 aromatic carbocycles. The maximum atomic E-state index is 8.88. The normalized spacial score (nSPS) is 19.3. The minimum atomic E-state index is -0.188. The Morgan fingerprint density at radius 3 is 1.23 bits per heavy atom. The predicted octanol–water partition coefficient (Wildman–Crippen LogP) is 5.70. The van der Waals surface area contributed by atoms with Crippen LogP contribution in [0.1, 0.15) is 54.9 Å². The van der Waals surface area contributed by atoms with Gasteiger partial charge in [-0.25, -0.2) is 0 Å². The minimum absolute atomic E-state index is 0.0359. The van der Waals surface area contributed by atoms with E-state index in [-0.39, 0.29) is 73.1 Å². The van der Waals surface area contributed by atoms with E-state index in [4.69, 9.17) is 61.0 Å². The van der Waals surface area contributed by atoms with E-state index in [1.54, 1.807) is 14.2 Å². The van der Waals surface area contributed by atoms with Crippen molar-refractivity contribution >= 4 is 49.8 Å². The van der Waals surface area contributed by atoms with Crippen LogP contribution in [-0.2, 0) is 55.9 Å². The molecule has 0 unspecified atom stereocenters. The summed E-state index contributed by atoms with van der Waals surface area (Å²) < 4.78 is 71.5. The third-order valence-electron chi connectivity index (χ3n) is 8.77. The molecule has 1 aromatic rings. The van der Waals surface area contributed by atoms with E-state index in [1.807, 2.05) is 92.8 Å². The Balaban J connectivity index is 0.000000649. The minimum Gasteiger partial charge on any atom is -0.523 e. The van der Waals surface area contributed by atoms with Crippen LogP contribution < -0.4 is 9.31 Å². The molecule has 22 heteroatoms. The zero-order valence-electron chi connectivity index (χ0n) is 38.1. The van der Waals surface area contributed by atoms with E-state index in [0.29, 0.717) is 13.2 Å². The number of rotatable bonds is 7. The van der Waals surface area contributed by atoms with Gasteiger partial charge in [0.1, 0.15) is 11.5 Å². The molecule has 57 heavy (non-hydrogen) atoms. The summed E-state index contributed by atoms with van der Waals surface area (Å²) in [5.74, 6) is 1.69. The molecule has 0 atom stereocenters. The molecule has 5 aliphatic heterocycles. The van der Waals surface area contributed by atoms with Crippen molar-refractivity contribution in [3.63, 3.8) is 0 Å². The molecular formula is C35H73B7O15. The number of aliphatic hydroxyl groups excluding tert-OH is 1. The Labute approximate surface area is 348 Å². The van der Waals surface area contributed by atoms with Crippen molar-refractivity contribution < 1.29 is 70.3 Å². The van der Waals surface area contributed by atoms with E-state index in [2.05, 4.69) is 37.0 Å². The van der Waals surface area contributed by atoms with Gasteiger partial charge in [-0.1, -0.05) is 19.1 Å². The zero-order valence-corrected chi connectivity index (χ0v) is 38.1.